The fraction of sp³-hybridized carbons (Fsp3) is 0.786. The summed E-state index contributed by atoms with van der Waals surface area (Å²) in [5, 5.41) is 3.36. The van der Waals surface area contributed by atoms with Crippen LogP contribution in [0.2, 0.25) is 0 Å². The maximum atomic E-state index is 4.40. The van der Waals surface area contributed by atoms with E-state index in [1.165, 1.54) is 37.9 Å². The van der Waals surface area contributed by atoms with Gasteiger partial charge >= 0.3 is 0 Å². The fourth-order valence-corrected chi connectivity index (χ4v) is 4.59. The summed E-state index contributed by atoms with van der Waals surface area (Å²) >= 11 is 2.20. The molecule has 0 unspecified atom stereocenters. The van der Waals surface area contributed by atoms with E-state index < -0.39 is 0 Å². The molecule has 1 aliphatic heterocycles. The monoisotopic (exact) mass is 395 g/mol. The summed E-state index contributed by atoms with van der Waals surface area (Å²) in [6, 6.07) is 0. The molecule has 1 saturated heterocycles. The van der Waals surface area contributed by atoms with Gasteiger partial charge in [-0.15, -0.1) is 30.6 Å². The minimum atomic E-state index is 0. The first-order valence-corrected chi connectivity index (χ1v) is 7.99. The highest BCUT2D eigenvalue weighted by molar-refractivity contribution is 14.0. The van der Waals surface area contributed by atoms with Crippen LogP contribution in [0.5, 0.6) is 0 Å². The molecule has 5 heteroatoms. The van der Waals surface area contributed by atoms with Gasteiger partial charge in [0.25, 0.3) is 0 Å². The lowest BCUT2D eigenvalue weighted by molar-refractivity contribution is 0.294. The number of nitrogens with zero attached hydrogens (tertiary/aromatic N) is 2. The molecule has 2 aliphatic rings. The Labute approximate surface area is 138 Å². The third-order valence-corrected chi connectivity index (χ3v) is 5.47. The normalized spacial score (nSPS) is 22.8. The van der Waals surface area contributed by atoms with E-state index in [1.807, 2.05) is 13.1 Å². The van der Waals surface area contributed by atoms with Gasteiger partial charge in [-0.25, -0.2) is 0 Å². The number of halogens is 1. The highest BCUT2D eigenvalue weighted by atomic mass is 127. The highest BCUT2D eigenvalue weighted by Crippen LogP contribution is 2.42. The second kappa shape index (κ2) is 8.39. The number of hydrogen-bond donors (Lipinski definition) is 1. The largest absolute Gasteiger partial charge is 0.353 e. The Kier molecular flexibility index (Phi) is 7.57. The lowest BCUT2D eigenvalue weighted by Gasteiger charge is -2.45. The van der Waals surface area contributed by atoms with Crippen LogP contribution in [-0.2, 0) is 0 Å². The Bertz CT molecular complexity index is 308. The van der Waals surface area contributed by atoms with Crippen LogP contribution in [0.25, 0.3) is 0 Å². The van der Waals surface area contributed by atoms with Gasteiger partial charge in [-0.2, -0.15) is 11.8 Å². The summed E-state index contributed by atoms with van der Waals surface area (Å²) < 4.78 is 0.502. The van der Waals surface area contributed by atoms with Crippen LogP contribution in [-0.4, -0.2) is 48.0 Å². The first-order chi connectivity index (χ1) is 8.79. The van der Waals surface area contributed by atoms with E-state index in [0.717, 1.165) is 25.6 Å². The van der Waals surface area contributed by atoms with Crippen LogP contribution in [0.4, 0.5) is 0 Å². The van der Waals surface area contributed by atoms with E-state index in [9.17, 15) is 0 Å². The van der Waals surface area contributed by atoms with Crippen molar-refractivity contribution in [2.75, 3.05) is 32.4 Å². The van der Waals surface area contributed by atoms with Crippen molar-refractivity contribution in [2.45, 2.75) is 36.9 Å². The molecule has 0 aromatic carbocycles. The number of hydrogen-bond acceptors (Lipinski definition) is 2. The highest BCUT2D eigenvalue weighted by Gasteiger charge is 2.37. The first-order valence-electron chi connectivity index (χ1n) is 7.00. The molecular formula is C14H26IN3S. The molecule has 1 heterocycles. The van der Waals surface area contributed by atoms with Crippen molar-refractivity contribution in [1.29, 1.82) is 0 Å². The Morgan fingerprint density at radius 3 is 2.79 bits per heavy atom. The molecule has 3 nitrogen and oxygen atoms in total. The average molecular weight is 395 g/mol. The van der Waals surface area contributed by atoms with Crippen LogP contribution in [0, 0.1) is 0 Å². The summed E-state index contributed by atoms with van der Waals surface area (Å²) in [7, 11) is 1.88. The molecule has 0 radical (unpaired) electrons. The first kappa shape index (κ1) is 17.1. The molecule has 2 rings (SSSR count). The van der Waals surface area contributed by atoms with Crippen LogP contribution in [0.3, 0.4) is 0 Å². The van der Waals surface area contributed by atoms with E-state index in [-0.39, 0.29) is 24.0 Å². The van der Waals surface area contributed by atoms with E-state index in [1.54, 1.807) is 0 Å². The maximum Gasteiger partial charge on any atom is 0.193 e. The Morgan fingerprint density at radius 1 is 1.42 bits per heavy atom. The van der Waals surface area contributed by atoms with Gasteiger partial charge in [-0.05, 0) is 12.8 Å². The van der Waals surface area contributed by atoms with Gasteiger partial charge in [0.1, 0.15) is 0 Å². The number of nitrogens with one attached hydrogen (secondary N) is 1. The minimum absolute atomic E-state index is 0. The molecular weight excluding hydrogens is 369 g/mol. The van der Waals surface area contributed by atoms with Crippen LogP contribution >= 0.6 is 35.7 Å². The van der Waals surface area contributed by atoms with E-state index in [4.69, 9.17) is 0 Å². The van der Waals surface area contributed by atoms with Gasteiger partial charge in [-0.1, -0.05) is 25.3 Å². The second-order valence-corrected chi connectivity index (χ2v) is 6.79. The van der Waals surface area contributed by atoms with Gasteiger partial charge in [-0.3, -0.25) is 4.99 Å². The zero-order chi connectivity index (χ0) is 12.8. The zero-order valence-electron chi connectivity index (χ0n) is 11.9. The molecule has 0 amide bonds. The molecule has 0 aromatic rings. The van der Waals surface area contributed by atoms with Gasteiger partial charge in [0.15, 0.2) is 5.96 Å². The molecule has 0 aromatic heterocycles. The maximum absolute atomic E-state index is 4.40. The Balaban J connectivity index is 0.00000180. The van der Waals surface area contributed by atoms with E-state index in [2.05, 4.69) is 33.5 Å². The summed E-state index contributed by atoms with van der Waals surface area (Å²) in [5.74, 6) is 2.27. The standard InChI is InChI=1S/C14H25N3S.HI/c1-3-9-16-13(15-2)17-10-11-18-14(12-17)7-5-4-6-8-14;/h3H,1,4-12H2,2H3,(H,15,16);1H. The summed E-state index contributed by atoms with van der Waals surface area (Å²) in [6.07, 6.45) is 8.88. The lowest BCUT2D eigenvalue weighted by atomic mass is 9.87. The molecule has 1 N–H and O–H groups in total. The number of rotatable bonds is 2. The number of guanidine groups is 1. The minimum Gasteiger partial charge on any atom is -0.353 e. The van der Waals surface area contributed by atoms with Crippen molar-refractivity contribution in [3.8, 4) is 0 Å². The summed E-state index contributed by atoms with van der Waals surface area (Å²) in [6.45, 7) is 6.83. The molecule has 19 heavy (non-hydrogen) atoms. The molecule has 1 spiro atoms. The number of aliphatic imine (C=N–C) groups is 1. The van der Waals surface area contributed by atoms with Crippen molar-refractivity contribution in [3.05, 3.63) is 12.7 Å². The summed E-state index contributed by atoms with van der Waals surface area (Å²) in [4.78, 5) is 6.84. The molecule has 1 saturated carbocycles. The number of thioether (sulfide) groups is 1. The summed E-state index contributed by atoms with van der Waals surface area (Å²) in [5.41, 5.74) is 0. The van der Waals surface area contributed by atoms with Crippen molar-refractivity contribution in [1.82, 2.24) is 10.2 Å². The van der Waals surface area contributed by atoms with Gasteiger partial charge in [0.2, 0.25) is 0 Å². The van der Waals surface area contributed by atoms with Gasteiger partial charge in [0, 0.05) is 37.2 Å². The van der Waals surface area contributed by atoms with Crippen molar-refractivity contribution in [2.24, 2.45) is 4.99 Å². The fourth-order valence-electron chi connectivity index (χ4n) is 3.02. The molecule has 1 aliphatic carbocycles. The SMILES string of the molecule is C=CCNC(=NC)N1CCSC2(CCCCC2)C1.I. The van der Waals surface area contributed by atoms with Crippen molar-refractivity contribution in [3.63, 3.8) is 0 Å². The van der Waals surface area contributed by atoms with Crippen molar-refractivity contribution >= 4 is 41.7 Å². The van der Waals surface area contributed by atoms with Gasteiger partial charge < -0.3 is 10.2 Å². The van der Waals surface area contributed by atoms with E-state index in [0.29, 0.717) is 4.75 Å². The quantitative estimate of drug-likeness (QED) is 0.337. The molecule has 0 atom stereocenters. The second-order valence-electron chi connectivity index (χ2n) is 5.23. The van der Waals surface area contributed by atoms with E-state index >= 15 is 0 Å². The van der Waals surface area contributed by atoms with Crippen LogP contribution in [0.15, 0.2) is 17.6 Å². The van der Waals surface area contributed by atoms with Crippen LogP contribution < -0.4 is 5.32 Å². The topological polar surface area (TPSA) is 27.6 Å². The Morgan fingerprint density at radius 2 is 2.16 bits per heavy atom. The molecule has 110 valence electrons. The third kappa shape index (κ3) is 4.55. The zero-order valence-corrected chi connectivity index (χ0v) is 15.0. The predicted octanol–water partition coefficient (Wildman–Crippen LogP) is 3.12. The van der Waals surface area contributed by atoms with Crippen LogP contribution in [0.1, 0.15) is 32.1 Å². The lowest BCUT2D eigenvalue weighted by Crippen LogP contribution is -2.53. The average Bonchev–Trinajstić information content (AvgIpc) is 2.41. The smallest absolute Gasteiger partial charge is 0.193 e. The molecule has 0 bridgehead atoms. The van der Waals surface area contributed by atoms with Crippen molar-refractivity contribution < 1.29 is 0 Å². The third-order valence-electron chi connectivity index (χ3n) is 3.93. The Hall–Kier alpha value is 0.0900. The van der Waals surface area contributed by atoms with Gasteiger partial charge in [0.05, 0.1) is 0 Å². The predicted molar refractivity (Wildman–Crippen MR) is 96.8 cm³/mol. The molecule has 2 fully saturated rings.